The smallest absolute Gasteiger partial charge is 0.283 e. The molecule has 2 heterocycles. The molecule has 1 aromatic carbocycles. The lowest BCUT2D eigenvalue weighted by molar-refractivity contribution is 0.554. The Bertz CT molecular complexity index is 813. The molecule has 6 nitrogen and oxygen atoms in total. The summed E-state index contributed by atoms with van der Waals surface area (Å²) < 4.78 is 29.6. The van der Waals surface area contributed by atoms with E-state index in [9.17, 15) is 8.42 Å². The van der Waals surface area contributed by atoms with E-state index in [1.807, 2.05) is 49.6 Å². The number of benzene rings is 1. The highest BCUT2D eigenvalue weighted by molar-refractivity contribution is 7.92. The summed E-state index contributed by atoms with van der Waals surface area (Å²) in [5.74, 6) is 0.709. The topological polar surface area (TPSA) is 67.2 Å². The highest BCUT2D eigenvalue weighted by atomic mass is 32.2. The molecule has 0 fully saturated rings. The van der Waals surface area contributed by atoms with Gasteiger partial charge in [-0.05, 0) is 32.4 Å². The summed E-state index contributed by atoms with van der Waals surface area (Å²) in [6, 6.07) is 7.67. The van der Waals surface area contributed by atoms with Gasteiger partial charge in [0, 0.05) is 31.9 Å². The van der Waals surface area contributed by atoms with Gasteiger partial charge in [-0.25, -0.2) is 4.98 Å². The van der Waals surface area contributed by atoms with Crippen LogP contribution in [-0.2, 0) is 23.1 Å². The van der Waals surface area contributed by atoms with Crippen molar-refractivity contribution in [2.45, 2.75) is 44.9 Å². The molecule has 3 rings (SSSR count). The number of hydrogen-bond donors (Lipinski definition) is 1. The summed E-state index contributed by atoms with van der Waals surface area (Å²) in [6.07, 6.45) is 1.62. The molecule has 23 heavy (non-hydrogen) atoms. The van der Waals surface area contributed by atoms with Gasteiger partial charge in [0.05, 0.1) is 5.69 Å². The third kappa shape index (κ3) is 2.86. The molecule has 1 aliphatic heterocycles. The van der Waals surface area contributed by atoms with E-state index in [0.717, 1.165) is 11.3 Å². The van der Waals surface area contributed by atoms with Crippen molar-refractivity contribution >= 4 is 15.7 Å². The van der Waals surface area contributed by atoms with Gasteiger partial charge in [-0.3, -0.25) is 4.31 Å². The van der Waals surface area contributed by atoms with Crippen molar-refractivity contribution < 1.29 is 8.42 Å². The number of anilines is 1. The largest absolute Gasteiger partial charge is 0.334 e. The zero-order chi connectivity index (χ0) is 16.6. The molecule has 7 heteroatoms. The summed E-state index contributed by atoms with van der Waals surface area (Å²) in [5, 5.41) is 3.46. The van der Waals surface area contributed by atoms with Crippen molar-refractivity contribution in [1.82, 2.24) is 14.9 Å². The Labute approximate surface area is 137 Å². The Hall–Kier alpha value is -1.86. The lowest BCUT2D eigenvalue weighted by atomic mass is 10.2. The molecule has 0 saturated carbocycles. The fraction of sp³-hybridized carbons (Fsp3) is 0.438. The van der Waals surface area contributed by atoms with Gasteiger partial charge in [0.25, 0.3) is 10.0 Å². The molecule has 0 spiro atoms. The Morgan fingerprint density at radius 2 is 2.09 bits per heavy atom. The first kappa shape index (κ1) is 16.0. The van der Waals surface area contributed by atoms with Crippen LogP contribution in [0.15, 0.2) is 35.5 Å². The molecule has 0 amide bonds. The van der Waals surface area contributed by atoms with Crippen molar-refractivity contribution in [1.29, 1.82) is 0 Å². The normalized spacial score (nSPS) is 18.6. The van der Waals surface area contributed by atoms with E-state index >= 15 is 0 Å². The minimum atomic E-state index is -3.68. The van der Waals surface area contributed by atoms with E-state index in [1.165, 1.54) is 4.31 Å². The van der Waals surface area contributed by atoms with Crippen LogP contribution in [0.5, 0.6) is 0 Å². The maximum absolute atomic E-state index is 13.2. The third-order valence-electron chi connectivity index (χ3n) is 4.19. The SMILES string of the molecule is CCn1cc(S(=O)(=O)N2CC(C)NCc3ccccc32)nc1C. The van der Waals surface area contributed by atoms with Crippen molar-refractivity contribution in [3.05, 3.63) is 41.9 Å². The van der Waals surface area contributed by atoms with E-state index in [4.69, 9.17) is 0 Å². The molecule has 0 saturated heterocycles. The van der Waals surface area contributed by atoms with Gasteiger partial charge >= 0.3 is 0 Å². The Morgan fingerprint density at radius 1 is 1.35 bits per heavy atom. The predicted molar refractivity (Wildman–Crippen MR) is 89.9 cm³/mol. The van der Waals surface area contributed by atoms with Crippen LogP contribution < -0.4 is 9.62 Å². The molecule has 1 N–H and O–H groups in total. The van der Waals surface area contributed by atoms with Crippen LogP contribution in [0.4, 0.5) is 5.69 Å². The fourth-order valence-corrected chi connectivity index (χ4v) is 4.45. The van der Waals surface area contributed by atoms with Crippen LogP contribution in [0.3, 0.4) is 0 Å². The average Bonchev–Trinajstić information content (AvgIpc) is 2.83. The van der Waals surface area contributed by atoms with E-state index < -0.39 is 10.0 Å². The molecule has 1 aliphatic rings. The quantitative estimate of drug-likeness (QED) is 0.931. The molecule has 1 unspecified atom stereocenters. The van der Waals surface area contributed by atoms with Crippen LogP contribution in [0.2, 0.25) is 0 Å². The summed E-state index contributed by atoms with van der Waals surface area (Å²) in [7, 11) is -3.68. The molecular formula is C16H22N4O2S. The van der Waals surface area contributed by atoms with Gasteiger partial charge in [0.15, 0.2) is 5.03 Å². The van der Waals surface area contributed by atoms with E-state index in [-0.39, 0.29) is 11.1 Å². The maximum Gasteiger partial charge on any atom is 0.283 e. The lowest BCUT2D eigenvalue weighted by Gasteiger charge is -2.24. The zero-order valence-electron chi connectivity index (χ0n) is 13.7. The van der Waals surface area contributed by atoms with Gasteiger partial charge in [-0.15, -0.1) is 0 Å². The highest BCUT2D eigenvalue weighted by Gasteiger charge is 2.32. The van der Waals surface area contributed by atoms with Crippen molar-refractivity contribution in [3.63, 3.8) is 0 Å². The first-order valence-electron chi connectivity index (χ1n) is 7.81. The number of imidazole rings is 1. The van der Waals surface area contributed by atoms with E-state index in [1.54, 1.807) is 6.20 Å². The lowest BCUT2D eigenvalue weighted by Crippen LogP contribution is -2.39. The second kappa shape index (κ2) is 5.98. The summed E-state index contributed by atoms with van der Waals surface area (Å²) in [4.78, 5) is 4.27. The Balaban J connectivity index is 2.10. The van der Waals surface area contributed by atoms with Gasteiger partial charge in [-0.1, -0.05) is 18.2 Å². The van der Waals surface area contributed by atoms with E-state index in [0.29, 0.717) is 25.5 Å². The molecule has 1 aromatic heterocycles. The number of sulfonamides is 1. The van der Waals surface area contributed by atoms with Crippen LogP contribution in [0, 0.1) is 6.92 Å². The number of para-hydroxylation sites is 1. The summed E-state index contributed by atoms with van der Waals surface area (Å²) in [6.45, 7) is 7.53. The third-order valence-corrected chi connectivity index (χ3v) is 5.84. The molecule has 124 valence electrons. The number of rotatable bonds is 3. The van der Waals surface area contributed by atoms with Crippen LogP contribution >= 0.6 is 0 Å². The van der Waals surface area contributed by atoms with Crippen molar-refractivity contribution in [3.8, 4) is 0 Å². The number of aromatic nitrogens is 2. The molecule has 1 atom stereocenters. The summed E-state index contributed by atoms with van der Waals surface area (Å²) in [5.41, 5.74) is 1.71. The first-order chi connectivity index (χ1) is 10.9. The second-order valence-electron chi connectivity index (χ2n) is 5.86. The van der Waals surface area contributed by atoms with Crippen molar-refractivity contribution in [2.24, 2.45) is 0 Å². The molecule has 0 aliphatic carbocycles. The number of nitrogens with one attached hydrogen (secondary N) is 1. The minimum absolute atomic E-state index is 0.0616. The molecular weight excluding hydrogens is 312 g/mol. The second-order valence-corrected chi connectivity index (χ2v) is 7.67. The minimum Gasteiger partial charge on any atom is -0.334 e. The molecule has 2 aromatic rings. The fourth-order valence-electron chi connectivity index (χ4n) is 2.86. The van der Waals surface area contributed by atoms with Gasteiger partial charge in [0.2, 0.25) is 0 Å². The number of nitrogens with zero attached hydrogens (tertiary/aromatic N) is 3. The van der Waals surface area contributed by atoms with Crippen LogP contribution in [-0.4, -0.2) is 30.6 Å². The first-order valence-corrected chi connectivity index (χ1v) is 9.25. The average molecular weight is 334 g/mol. The number of aryl methyl sites for hydroxylation is 2. The standard InChI is InChI=1S/C16H22N4O2S/c1-4-19-11-16(18-13(19)3)23(21,22)20-10-12(2)17-9-14-7-5-6-8-15(14)20/h5-8,11-12,17H,4,9-10H2,1-3H3. The van der Waals surface area contributed by atoms with Crippen LogP contribution in [0.1, 0.15) is 25.2 Å². The predicted octanol–water partition coefficient (Wildman–Crippen LogP) is 1.90. The van der Waals surface area contributed by atoms with Crippen LogP contribution in [0.25, 0.3) is 0 Å². The zero-order valence-corrected chi connectivity index (χ0v) is 14.5. The molecule has 0 radical (unpaired) electrons. The Morgan fingerprint density at radius 3 is 2.78 bits per heavy atom. The van der Waals surface area contributed by atoms with Gasteiger partial charge < -0.3 is 9.88 Å². The maximum atomic E-state index is 13.2. The number of hydrogen-bond acceptors (Lipinski definition) is 4. The monoisotopic (exact) mass is 334 g/mol. The summed E-state index contributed by atoms with van der Waals surface area (Å²) >= 11 is 0. The molecule has 0 bridgehead atoms. The number of fused-ring (bicyclic) bond motifs is 1. The van der Waals surface area contributed by atoms with Crippen molar-refractivity contribution in [2.75, 3.05) is 10.8 Å². The Kier molecular flexibility index (Phi) is 4.16. The van der Waals surface area contributed by atoms with Gasteiger partial charge in [-0.2, -0.15) is 8.42 Å². The van der Waals surface area contributed by atoms with E-state index in [2.05, 4.69) is 10.3 Å². The highest BCUT2D eigenvalue weighted by Crippen LogP contribution is 2.29. The van der Waals surface area contributed by atoms with Gasteiger partial charge in [0.1, 0.15) is 5.82 Å².